The normalized spacial score (nSPS) is 10.6. The van der Waals surface area contributed by atoms with Gasteiger partial charge in [0.15, 0.2) is 0 Å². The number of hydrogen-bond acceptors (Lipinski definition) is 3. The largest absolute Gasteiger partial charge is 0.497 e. The van der Waals surface area contributed by atoms with E-state index < -0.39 is 0 Å². The third kappa shape index (κ3) is 4.98. The SMILES string of the molecule is COc1ccc(CCNC(=O)/C=C/c2ccc(N)cc2)cc1. The van der Waals surface area contributed by atoms with Crippen LogP contribution in [0.25, 0.3) is 6.08 Å². The van der Waals surface area contributed by atoms with E-state index in [-0.39, 0.29) is 5.91 Å². The fourth-order valence-corrected chi connectivity index (χ4v) is 1.96. The fraction of sp³-hybridized carbons (Fsp3) is 0.167. The van der Waals surface area contributed by atoms with Crippen LogP contribution >= 0.6 is 0 Å². The summed E-state index contributed by atoms with van der Waals surface area (Å²) in [4.78, 5) is 11.7. The summed E-state index contributed by atoms with van der Waals surface area (Å²) in [5.74, 6) is 0.726. The number of rotatable bonds is 6. The molecule has 0 unspecified atom stereocenters. The molecular formula is C18H20N2O2. The first-order valence-corrected chi connectivity index (χ1v) is 7.12. The van der Waals surface area contributed by atoms with Gasteiger partial charge in [-0.1, -0.05) is 24.3 Å². The summed E-state index contributed by atoms with van der Waals surface area (Å²) < 4.78 is 5.11. The molecule has 0 fully saturated rings. The number of anilines is 1. The summed E-state index contributed by atoms with van der Waals surface area (Å²) in [6.45, 7) is 0.594. The van der Waals surface area contributed by atoms with Gasteiger partial charge < -0.3 is 15.8 Å². The van der Waals surface area contributed by atoms with Crippen LogP contribution in [0.15, 0.2) is 54.6 Å². The van der Waals surface area contributed by atoms with Crippen molar-refractivity contribution in [2.45, 2.75) is 6.42 Å². The van der Waals surface area contributed by atoms with Gasteiger partial charge in [0.1, 0.15) is 5.75 Å². The van der Waals surface area contributed by atoms with E-state index in [2.05, 4.69) is 5.32 Å². The van der Waals surface area contributed by atoms with Gasteiger partial charge in [-0.25, -0.2) is 0 Å². The molecule has 2 aromatic rings. The smallest absolute Gasteiger partial charge is 0.244 e. The van der Waals surface area contributed by atoms with Crippen molar-refractivity contribution in [2.24, 2.45) is 0 Å². The van der Waals surface area contributed by atoms with Crippen LogP contribution in [0.2, 0.25) is 0 Å². The Kier molecular flexibility index (Phi) is 5.60. The van der Waals surface area contributed by atoms with Crippen LogP contribution in [0.3, 0.4) is 0 Å². The molecule has 0 spiro atoms. The third-order valence-electron chi connectivity index (χ3n) is 3.24. The molecule has 0 bridgehead atoms. The molecule has 0 aliphatic heterocycles. The van der Waals surface area contributed by atoms with Gasteiger partial charge in [0.2, 0.25) is 5.91 Å². The first-order valence-electron chi connectivity index (χ1n) is 7.12. The third-order valence-corrected chi connectivity index (χ3v) is 3.24. The molecule has 0 atom stereocenters. The van der Waals surface area contributed by atoms with Crippen LogP contribution in [-0.4, -0.2) is 19.6 Å². The monoisotopic (exact) mass is 296 g/mol. The molecule has 0 aliphatic rings. The van der Waals surface area contributed by atoms with E-state index in [1.54, 1.807) is 25.3 Å². The minimum absolute atomic E-state index is 0.106. The molecule has 0 saturated carbocycles. The highest BCUT2D eigenvalue weighted by molar-refractivity contribution is 5.91. The summed E-state index contributed by atoms with van der Waals surface area (Å²) in [5, 5.41) is 2.86. The Balaban J connectivity index is 1.76. The lowest BCUT2D eigenvalue weighted by Crippen LogP contribution is -2.23. The van der Waals surface area contributed by atoms with E-state index in [1.165, 1.54) is 6.08 Å². The Morgan fingerprint density at radius 1 is 1.14 bits per heavy atom. The summed E-state index contributed by atoms with van der Waals surface area (Å²) in [5.41, 5.74) is 8.42. The van der Waals surface area contributed by atoms with Gasteiger partial charge in [0.25, 0.3) is 0 Å². The second-order valence-corrected chi connectivity index (χ2v) is 4.89. The van der Waals surface area contributed by atoms with E-state index in [1.807, 2.05) is 36.4 Å². The summed E-state index contributed by atoms with van der Waals surface area (Å²) in [6, 6.07) is 15.2. The predicted molar refractivity (Wildman–Crippen MR) is 89.6 cm³/mol. The minimum Gasteiger partial charge on any atom is -0.497 e. The molecule has 0 aromatic heterocycles. The van der Waals surface area contributed by atoms with Gasteiger partial charge in [-0.3, -0.25) is 4.79 Å². The number of methoxy groups -OCH3 is 1. The Bertz CT molecular complexity index is 631. The standard InChI is InChI=1S/C18H20N2O2/c1-22-17-9-4-15(5-10-17)12-13-20-18(21)11-6-14-2-7-16(19)8-3-14/h2-11H,12-13,19H2,1H3,(H,20,21)/b11-6+. The van der Waals surface area contributed by atoms with Crippen molar-refractivity contribution in [3.63, 3.8) is 0 Å². The lowest BCUT2D eigenvalue weighted by atomic mass is 10.1. The molecule has 0 radical (unpaired) electrons. The summed E-state index contributed by atoms with van der Waals surface area (Å²) in [6.07, 6.45) is 4.08. The number of nitrogens with one attached hydrogen (secondary N) is 1. The zero-order valence-electron chi connectivity index (χ0n) is 12.6. The number of carbonyl (C=O) groups is 1. The second kappa shape index (κ2) is 7.88. The summed E-state index contributed by atoms with van der Waals surface area (Å²) in [7, 11) is 1.64. The van der Waals surface area contributed by atoms with Gasteiger partial charge in [-0.05, 0) is 47.9 Å². The Morgan fingerprint density at radius 2 is 1.82 bits per heavy atom. The molecular weight excluding hydrogens is 276 g/mol. The van der Waals surface area contributed by atoms with E-state index in [0.29, 0.717) is 12.2 Å². The van der Waals surface area contributed by atoms with Crippen molar-refractivity contribution >= 4 is 17.7 Å². The fourth-order valence-electron chi connectivity index (χ4n) is 1.96. The van der Waals surface area contributed by atoms with Crippen molar-refractivity contribution in [2.75, 3.05) is 19.4 Å². The van der Waals surface area contributed by atoms with Crippen molar-refractivity contribution in [1.82, 2.24) is 5.32 Å². The number of nitrogen functional groups attached to an aromatic ring is 1. The molecule has 4 heteroatoms. The number of amides is 1. The quantitative estimate of drug-likeness (QED) is 0.636. The van der Waals surface area contributed by atoms with E-state index in [4.69, 9.17) is 10.5 Å². The molecule has 2 rings (SSSR count). The van der Waals surface area contributed by atoms with Crippen molar-refractivity contribution < 1.29 is 9.53 Å². The molecule has 1 amide bonds. The predicted octanol–water partition coefficient (Wildman–Crippen LogP) is 2.65. The highest BCUT2D eigenvalue weighted by Gasteiger charge is 1.97. The van der Waals surface area contributed by atoms with Crippen molar-refractivity contribution in [3.05, 3.63) is 65.7 Å². The Morgan fingerprint density at radius 3 is 2.45 bits per heavy atom. The minimum atomic E-state index is -0.106. The average Bonchev–Trinajstić information content (AvgIpc) is 2.55. The number of nitrogens with two attached hydrogens (primary N) is 1. The first-order chi connectivity index (χ1) is 10.7. The number of benzene rings is 2. The highest BCUT2D eigenvalue weighted by atomic mass is 16.5. The maximum absolute atomic E-state index is 11.7. The van der Waals surface area contributed by atoms with Gasteiger partial charge in [0.05, 0.1) is 7.11 Å². The number of ether oxygens (including phenoxy) is 1. The molecule has 22 heavy (non-hydrogen) atoms. The maximum atomic E-state index is 11.7. The first kappa shape index (κ1) is 15.6. The van der Waals surface area contributed by atoms with Crippen LogP contribution in [0.1, 0.15) is 11.1 Å². The second-order valence-electron chi connectivity index (χ2n) is 4.89. The van der Waals surface area contributed by atoms with Crippen LogP contribution < -0.4 is 15.8 Å². The Labute approximate surface area is 130 Å². The maximum Gasteiger partial charge on any atom is 0.244 e. The summed E-state index contributed by atoms with van der Waals surface area (Å²) >= 11 is 0. The molecule has 3 N–H and O–H groups in total. The lowest BCUT2D eigenvalue weighted by Gasteiger charge is -2.04. The topological polar surface area (TPSA) is 64.3 Å². The highest BCUT2D eigenvalue weighted by Crippen LogP contribution is 2.11. The molecule has 114 valence electrons. The van der Waals surface area contributed by atoms with Crippen LogP contribution in [0.5, 0.6) is 5.75 Å². The van der Waals surface area contributed by atoms with E-state index >= 15 is 0 Å². The van der Waals surface area contributed by atoms with Crippen LogP contribution in [0.4, 0.5) is 5.69 Å². The molecule has 4 nitrogen and oxygen atoms in total. The van der Waals surface area contributed by atoms with Gasteiger partial charge in [0, 0.05) is 18.3 Å². The number of hydrogen-bond donors (Lipinski definition) is 2. The zero-order chi connectivity index (χ0) is 15.8. The van der Waals surface area contributed by atoms with E-state index in [9.17, 15) is 4.79 Å². The Hall–Kier alpha value is -2.75. The molecule has 2 aromatic carbocycles. The van der Waals surface area contributed by atoms with Crippen LogP contribution in [0, 0.1) is 0 Å². The van der Waals surface area contributed by atoms with E-state index in [0.717, 1.165) is 23.3 Å². The van der Waals surface area contributed by atoms with Gasteiger partial charge >= 0.3 is 0 Å². The number of carbonyl (C=O) groups excluding carboxylic acids is 1. The zero-order valence-corrected chi connectivity index (χ0v) is 12.6. The van der Waals surface area contributed by atoms with Crippen LogP contribution in [-0.2, 0) is 11.2 Å². The molecule has 0 heterocycles. The lowest BCUT2D eigenvalue weighted by molar-refractivity contribution is -0.116. The van der Waals surface area contributed by atoms with Crippen molar-refractivity contribution in [1.29, 1.82) is 0 Å². The van der Waals surface area contributed by atoms with Gasteiger partial charge in [-0.2, -0.15) is 0 Å². The van der Waals surface area contributed by atoms with Crippen molar-refractivity contribution in [3.8, 4) is 5.75 Å². The molecule has 0 aliphatic carbocycles. The molecule has 0 saturated heterocycles. The van der Waals surface area contributed by atoms with Gasteiger partial charge in [-0.15, -0.1) is 0 Å². The average molecular weight is 296 g/mol.